The summed E-state index contributed by atoms with van der Waals surface area (Å²) in [4.78, 5) is 0. The molecule has 0 aliphatic carbocycles. The second kappa shape index (κ2) is 6.07. The van der Waals surface area contributed by atoms with E-state index in [0.29, 0.717) is 16.5 Å². The van der Waals surface area contributed by atoms with Gasteiger partial charge in [-0.05, 0) is 35.4 Å². The molecule has 2 aromatic rings. The predicted octanol–water partition coefficient (Wildman–Crippen LogP) is 5.03. The van der Waals surface area contributed by atoms with Crippen molar-refractivity contribution in [2.45, 2.75) is 12.5 Å². The van der Waals surface area contributed by atoms with Gasteiger partial charge in [-0.2, -0.15) is 0 Å². The van der Waals surface area contributed by atoms with Crippen molar-refractivity contribution in [2.75, 3.05) is 0 Å². The molecule has 0 saturated carbocycles. The first-order valence-corrected chi connectivity index (χ1v) is 6.98. The number of halogens is 3. The summed E-state index contributed by atoms with van der Waals surface area (Å²) < 4.78 is 1.00. The molecule has 0 bridgehead atoms. The first-order valence-electron chi connectivity index (χ1n) is 5.44. The molecule has 0 amide bonds. The Balaban J connectivity index is 2.16. The van der Waals surface area contributed by atoms with Crippen LogP contribution in [0.5, 0.6) is 0 Å². The summed E-state index contributed by atoms with van der Waals surface area (Å²) in [5.74, 6) is 0. The highest BCUT2D eigenvalue weighted by molar-refractivity contribution is 9.10. The molecule has 4 heteroatoms. The quantitative estimate of drug-likeness (QED) is 0.826. The molecule has 1 N–H and O–H groups in total. The molecule has 0 aliphatic rings. The molecule has 0 heterocycles. The molecule has 0 saturated heterocycles. The number of benzene rings is 2. The Kier molecular flexibility index (Phi) is 4.68. The normalized spacial score (nSPS) is 12.4. The average Bonchev–Trinajstić information content (AvgIpc) is 2.32. The molecule has 0 spiro atoms. The Morgan fingerprint density at radius 1 is 1.06 bits per heavy atom. The van der Waals surface area contributed by atoms with Crippen molar-refractivity contribution in [3.63, 3.8) is 0 Å². The number of hydrogen-bond acceptors (Lipinski definition) is 1. The van der Waals surface area contributed by atoms with Gasteiger partial charge in [0.05, 0.1) is 16.1 Å². The summed E-state index contributed by atoms with van der Waals surface area (Å²) in [6.45, 7) is 0. The van der Waals surface area contributed by atoms with Gasteiger partial charge in [-0.3, -0.25) is 0 Å². The van der Waals surface area contributed by atoms with Gasteiger partial charge in [0.15, 0.2) is 0 Å². The molecule has 1 atom stereocenters. The third-order valence-electron chi connectivity index (χ3n) is 2.65. The van der Waals surface area contributed by atoms with Crippen LogP contribution in [-0.2, 0) is 6.42 Å². The van der Waals surface area contributed by atoms with Crippen LogP contribution in [-0.4, -0.2) is 5.11 Å². The zero-order valence-corrected chi connectivity index (χ0v) is 12.5. The third kappa shape index (κ3) is 3.48. The van der Waals surface area contributed by atoms with Crippen molar-refractivity contribution in [1.82, 2.24) is 0 Å². The van der Waals surface area contributed by atoms with Crippen molar-refractivity contribution < 1.29 is 5.11 Å². The fraction of sp³-hybridized carbons (Fsp3) is 0.143. The highest BCUT2D eigenvalue weighted by Crippen LogP contribution is 2.27. The van der Waals surface area contributed by atoms with Crippen LogP contribution in [0.25, 0.3) is 0 Å². The molecule has 0 aromatic heterocycles. The van der Waals surface area contributed by atoms with E-state index >= 15 is 0 Å². The maximum Gasteiger partial charge on any atom is 0.0830 e. The molecule has 1 unspecified atom stereocenters. The van der Waals surface area contributed by atoms with Gasteiger partial charge in [-0.15, -0.1) is 0 Å². The predicted molar refractivity (Wildman–Crippen MR) is 79.3 cm³/mol. The summed E-state index contributed by atoms with van der Waals surface area (Å²) in [7, 11) is 0. The minimum Gasteiger partial charge on any atom is -0.388 e. The Morgan fingerprint density at radius 3 is 2.50 bits per heavy atom. The van der Waals surface area contributed by atoms with Crippen molar-refractivity contribution in [2.24, 2.45) is 0 Å². The molecular weight excluding hydrogens is 335 g/mol. The molecule has 2 rings (SSSR count). The van der Waals surface area contributed by atoms with Crippen LogP contribution in [0.1, 0.15) is 17.2 Å². The highest BCUT2D eigenvalue weighted by Gasteiger charge is 2.10. The van der Waals surface area contributed by atoms with E-state index < -0.39 is 6.10 Å². The van der Waals surface area contributed by atoms with Gasteiger partial charge in [0, 0.05) is 10.9 Å². The average molecular weight is 346 g/mol. The Labute approximate surface area is 124 Å². The number of rotatable bonds is 3. The van der Waals surface area contributed by atoms with Crippen LogP contribution >= 0.6 is 39.1 Å². The molecule has 18 heavy (non-hydrogen) atoms. The molecule has 0 radical (unpaired) electrons. The summed E-state index contributed by atoms with van der Waals surface area (Å²) >= 11 is 15.2. The lowest BCUT2D eigenvalue weighted by Crippen LogP contribution is -2.01. The highest BCUT2D eigenvalue weighted by atomic mass is 79.9. The second-order valence-corrected chi connectivity index (χ2v) is 5.75. The van der Waals surface area contributed by atoms with Gasteiger partial charge in [-0.1, -0.05) is 57.3 Å². The second-order valence-electron chi connectivity index (χ2n) is 4.02. The Morgan fingerprint density at radius 2 is 1.83 bits per heavy atom. The monoisotopic (exact) mass is 344 g/mol. The first kappa shape index (κ1) is 13.9. The van der Waals surface area contributed by atoms with Crippen molar-refractivity contribution in [3.8, 4) is 0 Å². The van der Waals surface area contributed by atoms with Crippen LogP contribution < -0.4 is 0 Å². The summed E-state index contributed by atoms with van der Waals surface area (Å²) in [5.41, 5.74) is 1.83. The maximum absolute atomic E-state index is 10.2. The van der Waals surface area contributed by atoms with E-state index in [0.717, 1.165) is 15.6 Å². The van der Waals surface area contributed by atoms with Gasteiger partial charge in [0.25, 0.3) is 0 Å². The molecule has 0 aliphatic heterocycles. The minimum absolute atomic E-state index is 0.461. The smallest absolute Gasteiger partial charge is 0.0830 e. The largest absolute Gasteiger partial charge is 0.388 e. The van der Waals surface area contributed by atoms with Gasteiger partial charge in [0.2, 0.25) is 0 Å². The van der Waals surface area contributed by atoms with Gasteiger partial charge < -0.3 is 5.11 Å². The summed E-state index contributed by atoms with van der Waals surface area (Å²) in [6.07, 6.45) is -0.0497. The van der Waals surface area contributed by atoms with Crippen molar-refractivity contribution in [1.29, 1.82) is 0 Å². The maximum atomic E-state index is 10.2. The zero-order chi connectivity index (χ0) is 13.1. The Hall–Kier alpha value is -0.540. The van der Waals surface area contributed by atoms with E-state index in [9.17, 15) is 5.11 Å². The van der Waals surface area contributed by atoms with E-state index in [-0.39, 0.29) is 0 Å². The van der Waals surface area contributed by atoms with Gasteiger partial charge in [-0.25, -0.2) is 0 Å². The van der Waals surface area contributed by atoms with E-state index in [1.807, 2.05) is 24.3 Å². The van der Waals surface area contributed by atoms with E-state index in [2.05, 4.69) is 15.9 Å². The fourth-order valence-corrected chi connectivity index (χ4v) is 2.48. The van der Waals surface area contributed by atoms with Crippen LogP contribution in [0.15, 0.2) is 46.9 Å². The molecule has 1 nitrogen and oxygen atoms in total. The zero-order valence-electron chi connectivity index (χ0n) is 9.41. The lowest BCUT2D eigenvalue weighted by Gasteiger charge is -2.12. The lowest BCUT2D eigenvalue weighted by atomic mass is 10.0. The SMILES string of the molecule is OC(Cc1cccc(Br)c1)c1ccc(Cl)c(Cl)c1. The van der Waals surface area contributed by atoms with Crippen molar-refractivity contribution in [3.05, 3.63) is 68.1 Å². The first-order chi connectivity index (χ1) is 8.56. The van der Waals surface area contributed by atoms with Crippen LogP contribution in [0.2, 0.25) is 10.0 Å². The van der Waals surface area contributed by atoms with Crippen LogP contribution in [0.3, 0.4) is 0 Å². The molecule has 0 fully saturated rings. The van der Waals surface area contributed by atoms with Gasteiger partial charge >= 0.3 is 0 Å². The van der Waals surface area contributed by atoms with Crippen LogP contribution in [0, 0.1) is 0 Å². The summed E-state index contributed by atoms with van der Waals surface area (Å²) in [6, 6.07) is 13.1. The number of aliphatic hydroxyl groups is 1. The van der Waals surface area contributed by atoms with E-state index in [1.165, 1.54) is 0 Å². The third-order valence-corrected chi connectivity index (χ3v) is 3.88. The minimum atomic E-state index is -0.589. The number of aliphatic hydroxyl groups excluding tert-OH is 1. The molecular formula is C14H11BrCl2O. The fourth-order valence-electron chi connectivity index (χ4n) is 1.72. The topological polar surface area (TPSA) is 20.2 Å². The van der Waals surface area contributed by atoms with E-state index in [4.69, 9.17) is 23.2 Å². The standard InChI is InChI=1S/C14H11BrCl2O/c15-11-3-1-2-9(6-11)7-14(18)10-4-5-12(16)13(17)8-10/h1-6,8,14,18H,7H2. The van der Waals surface area contributed by atoms with Crippen molar-refractivity contribution >= 4 is 39.1 Å². The van der Waals surface area contributed by atoms with Crippen LogP contribution in [0.4, 0.5) is 0 Å². The van der Waals surface area contributed by atoms with E-state index in [1.54, 1.807) is 18.2 Å². The molecule has 94 valence electrons. The summed E-state index contributed by atoms with van der Waals surface area (Å²) in [5, 5.41) is 11.1. The molecule has 2 aromatic carbocycles. The number of hydrogen-bond donors (Lipinski definition) is 1. The lowest BCUT2D eigenvalue weighted by molar-refractivity contribution is 0.178. The Bertz CT molecular complexity index is 557. The van der Waals surface area contributed by atoms with Gasteiger partial charge in [0.1, 0.15) is 0 Å².